The fourth-order valence-corrected chi connectivity index (χ4v) is 3.40. The summed E-state index contributed by atoms with van der Waals surface area (Å²) in [6.45, 7) is 3.73. The largest absolute Gasteiger partial charge is 0.494 e. The van der Waals surface area contributed by atoms with Crippen molar-refractivity contribution in [2.24, 2.45) is 0 Å². The Morgan fingerprint density at radius 3 is 2.43 bits per heavy atom. The third kappa shape index (κ3) is 6.20. The number of likely N-dealkylation sites (tertiary alicyclic amines) is 1. The summed E-state index contributed by atoms with van der Waals surface area (Å²) in [5.74, 6) is 0.434. The molecule has 0 saturated carbocycles. The molecule has 7 nitrogen and oxygen atoms in total. The van der Waals surface area contributed by atoms with E-state index in [0.717, 1.165) is 50.2 Å². The van der Waals surface area contributed by atoms with Crippen LogP contribution in [0.25, 0.3) is 0 Å². The van der Waals surface area contributed by atoms with E-state index in [4.69, 9.17) is 9.47 Å². The molecule has 0 spiro atoms. The average molecular weight is 412 g/mol. The lowest BCUT2D eigenvalue weighted by Gasteiger charge is -2.24. The molecular weight excluding hydrogens is 382 g/mol. The van der Waals surface area contributed by atoms with E-state index in [0.29, 0.717) is 12.4 Å². The Morgan fingerprint density at radius 2 is 1.73 bits per heavy atom. The summed E-state index contributed by atoms with van der Waals surface area (Å²) in [5.41, 5.74) is 1.05. The number of anilines is 2. The predicted molar refractivity (Wildman–Crippen MR) is 115 cm³/mol. The van der Waals surface area contributed by atoms with E-state index in [2.05, 4.69) is 10.3 Å². The van der Waals surface area contributed by atoms with Gasteiger partial charge < -0.3 is 19.7 Å². The van der Waals surface area contributed by atoms with Crippen molar-refractivity contribution in [2.75, 3.05) is 31.6 Å². The normalized spacial score (nSPS) is 14.4. The summed E-state index contributed by atoms with van der Waals surface area (Å²) >= 11 is 0. The van der Waals surface area contributed by atoms with E-state index in [-0.39, 0.29) is 18.1 Å². The van der Waals surface area contributed by atoms with Crippen LogP contribution in [-0.2, 0) is 9.53 Å². The van der Waals surface area contributed by atoms with Crippen molar-refractivity contribution in [2.45, 2.75) is 39.0 Å². The fourth-order valence-electron chi connectivity index (χ4n) is 3.40. The summed E-state index contributed by atoms with van der Waals surface area (Å²) in [7, 11) is 0. The molecule has 1 N–H and O–H groups in total. The molecule has 1 aliphatic rings. The number of nitrogens with zero attached hydrogens (tertiary/aromatic N) is 2. The van der Waals surface area contributed by atoms with E-state index in [1.165, 1.54) is 6.42 Å². The first kappa shape index (κ1) is 21.6. The Morgan fingerprint density at radius 1 is 1.03 bits per heavy atom. The number of carbonyl (C=O) groups is 2. The molecule has 0 bridgehead atoms. The van der Waals surface area contributed by atoms with E-state index >= 15 is 0 Å². The molecule has 2 aromatic rings. The third-order valence-corrected chi connectivity index (χ3v) is 4.99. The number of aromatic nitrogens is 1. The van der Waals surface area contributed by atoms with E-state index in [1.54, 1.807) is 23.2 Å². The molecule has 0 radical (unpaired) electrons. The molecule has 30 heavy (non-hydrogen) atoms. The molecule has 160 valence electrons. The zero-order valence-electron chi connectivity index (χ0n) is 17.4. The highest BCUT2D eigenvalue weighted by molar-refractivity contribution is 5.96. The topological polar surface area (TPSA) is 80.8 Å². The summed E-state index contributed by atoms with van der Waals surface area (Å²) < 4.78 is 10.8. The minimum atomic E-state index is -0.572. The summed E-state index contributed by atoms with van der Waals surface area (Å²) in [6, 6.07) is 10.7. The van der Waals surface area contributed by atoms with Gasteiger partial charge in [-0.25, -0.2) is 9.78 Å². The van der Waals surface area contributed by atoms with Crippen LogP contribution in [0.4, 0.5) is 11.5 Å². The first-order chi connectivity index (χ1) is 14.7. The SMILES string of the molecule is CCOc1ccc(Nc2ncccc2C(=O)OCC(=O)N2CCCCCCC2)cc1. The monoisotopic (exact) mass is 411 g/mol. The number of pyridine rings is 1. The fraction of sp³-hybridized carbons (Fsp3) is 0.435. The van der Waals surface area contributed by atoms with Crippen molar-refractivity contribution in [3.05, 3.63) is 48.2 Å². The highest BCUT2D eigenvalue weighted by atomic mass is 16.5. The molecule has 1 fully saturated rings. The van der Waals surface area contributed by atoms with Crippen molar-refractivity contribution in [3.63, 3.8) is 0 Å². The number of rotatable bonds is 7. The average Bonchev–Trinajstić information content (AvgIpc) is 2.73. The number of amides is 1. The van der Waals surface area contributed by atoms with Crippen LogP contribution in [0.2, 0.25) is 0 Å². The molecule has 1 aliphatic heterocycles. The second-order valence-electron chi connectivity index (χ2n) is 7.21. The maximum absolute atomic E-state index is 12.6. The lowest BCUT2D eigenvalue weighted by molar-refractivity contribution is -0.134. The lowest BCUT2D eigenvalue weighted by atomic mass is 10.1. The molecule has 1 aromatic carbocycles. The zero-order valence-corrected chi connectivity index (χ0v) is 17.4. The maximum atomic E-state index is 12.6. The smallest absolute Gasteiger partial charge is 0.342 e. The van der Waals surface area contributed by atoms with E-state index < -0.39 is 5.97 Å². The Labute approximate surface area is 177 Å². The van der Waals surface area contributed by atoms with Gasteiger partial charge in [0, 0.05) is 25.0 Å². The number of carbonyl (C=O) groups excluding carboxylic acids is 2. The number of hydrogen-bond donors (Lipinski definition) is 1. The Hall–Kier alpha value is -3.09. The van der Waals surface area contributed by atoms with Crippen LogP contribution >= 0.6 is 0 Å². The van der Waals surface area contributed by atoms with Gasteiger partial charge in [0.05, 0.1) is 6.61 Å². The quantitative estimate of drug-likeness (QED) is 0.689. The molecule has 2 heterocycles. The minimum absolute atomic E-state index is 0.143. The second-order valence-corrected chi connectivity index (χ2v) is 7.21. The van der Waals surface area contributed by atoms with Crippen molar-refractivity contribution in [1.82, 2.24) is 9.88 Å². The summed E-state index contributed by atoms with van der Waals surface area (Å²) in [5, 5.41) is 3.13. The van der Waals surface area contributed by atoms with Crippen molar-refractivity contribution in [1.29, 1.82) is 0 Å². The maximum Gasteiger partial charge on any atom is 0.342 e. The van der Waals surface area contributed by atoms with Crippen molar-refractivity contribution >= 4 is 23.4 Å². The molecule has 7 heteroatoms. The molecule has 1 amide bonds. The lowest BCUT2D eigenvalue weighted by Crippen LogP contribution is -2.37. The molecule has 3 rings (SSSR count). The zero-order chi connectivity index (χ0) is 21.2. The van der Waals surface area contributed by atoms with Crippen LogP contribution in [0, 0.1) is 0 Å². The van der Waals surface area contributed by atoms with Gasteiger partial charge in [0.1, 0.15) is 17.1 Å². The standard InChI is InChI=1S/C23H29N3O4/c1-2-29-19-12-10-18(11-13-19)25-22-20(9-8-14-24-22)23(28)30-17-21(27)26-15-6-4-3-5-7-16-26/h8-14H,2-7,15-17H2,1H3,(H,24,25). The minimum Gasteiger partial charge on any atom is -0.494 e. The van der Waals surface area contributed by atoms with E-state index in [1.807, 2.05) is 31.2 Å². The molecule has 0 unspecified atom stereocenters. The molecule has 1 saturated heterocycles. The van der Waals surface area contributed by atoms with Crippen LogP contribution in [0.1, 0.15) is 49.4 Å². The number of esters is 1. The van der Waals surface area contributed by atoms with Gasteiger partial charge in [0.25, 0.3) is 5.91 Å². The van der Waals surface area contributed by atoms with Crippen LogP contribution in [0.15, 0.2) is 42.6 Å². The number of nitrogens with one attached hydrogen (secondary N) is 1. The second kappa shape index (κ2) is 11.2. The van der Waals surface area contributed by atoms with Crippen LogP contribution in [0.5, 0.6) is 5.75 Å². The first-order valence-corrected chi connectivity index (χ1v) is 10.6. The Kier molecular flexibility index (Phi) is 8.06. The van der Waals surface area contributed by atoms with Crippen LogP contribution < -0.4 is 10.1 Å². The molecule has 0 aliphatic carbocycles. The predicted octanol–water partition coefficient (Wildman–Crippen LogP) is 4.17. The Balaban J connectivity index is 1.60. The molecular formula is C23H29N3O4. The Bertz CT molecular complexity index is 831. The van der Waals surface area contributed by atoms with Crippen molar-refractivity contribution < 1.29 is 19.1 Å². The van der Waals surface area contributed by atoms with Crippen LogP contribution in [0.3, 0.4) is 0 Å². The molecule has 1 aromatic heterocycles. The van der Waals surface area contributed by atoms with Gasteiger partial charge in [-0.3, -0.25) is 4.79 Å². The number of hydrogen-bond acceptors (Lipinski definition) is 6. The highest BCUT2D eigenvalue weighted by Gasteiger charge is 2.19. The number of benzene rings is 1. The van der Waals surface area contributed by atoms with Gasteiger partial charge in [-0.2, -0.15) is 0 Å². The van der Waals surface area contributed by atoms with E-state index in [9.17, 15) is 9.59 Å². The summed E-state index contributed by atoms with van der Waals surface area (Å²) in [4.78, 5) is 31.1. The van der Waals surface area contributed by atoms with Gasteiger partial charge in [0.2, 0.25) is 0 Å². The van der Waals surface area contributed by atoms with Gasteiger partial charge in [-0.15, -0.1) is 0 Å². The van der Waals surface area contributed by atoms with Gasteiger partial charge in [-0.05, 0) is 56.2 Å². The first-order valence-electron chi connectivity index (χ1n) is 10.6. The molecule has 0 atom stereocenters. The van der Waals surface area contributed by atoms with Crippen LogP contribution in [-0.4, -0.2) is 48.1 Å². The third-order valence-electron chi connectivity index (χ3n) is 4.99. The van der Waals surface area contributed by atoms with Gasteiger partial charge >= 0.3 is 5.97 Å². The summed E-state index contributed by atoms with van der Waals surface area (Å²) in [6.07, 6.45) is 7.09. The van der Waals surface area contributed by atoms with Crippen molar-refractivity contribution in [3.8, 4) is 5.75 Å². The van der Waals surface area contributed by atoms with Gasteiger partial charge in [-0.1, -0.05) is 19.3 Å². The number of ether oxygens (including phenoxy) is 2. The van der Waals surface area contributed by atoms with Gasteiger partial charge in [0.15, 0.2) is 6.61 Å². The highest BCUT2D eigenvalue weighted by Crippen LogP contribution is 2.22.